The average molecular weight is 292 g/mol. The molecule has 1 atom stereocenters. The van der Waals surface area contributed by atoms with E-state index in [9.17, 15) is 4.79 Å². The number of nitrogens with one attached hydrogen (secondary N) is 2. The van der Waals surface area contributed by atoms with Gasteiger partial charge in [0.25, 0.3) is 5.91 Å². The van der Waals surface area contributed by atoms with E-state index in [4.69, 9.17) is 0 Å². The Morgan fingerprint density at radius 2 is 2.10 bits per heavy atom. The van der Waals surface area contributed by atoms with Crippen molar-refractivity contribution in [2.75, 3.05) is 32.0 Å². The Hall–Kier alpha value is -1.62. The average Bonchev–Trinajstić information content (AvgIpc) is 2.51. The number of pyridine rings is 1. The standard InChI is InChI=1S/C16H28N4O/c1-5-20(6-2)11-7-8-13(3)19-16(21)14-12-18-10-9-15(14)17-4/h9-10,12-13H,5-8,11H2,1-4H3,(H,17,18)(H,19,21). The summed E-state index contributed by atoms with van der Waals surface area (Å²) in [7, 11) is 1.81. The van der Waals surface area contributed by atoms with Crippen LogP contribution < -0.4 is 10.6 Å². The zero-order chi connectivity index (χ0) is 15.7. The van der Waals surface area contributed by atoms with Crippen molar-refractivity contribution >= 4 is 11.6 Å². The number of nitrogens with zero attached hydrogens (tertiary/aromatic N) is 2. The SMILES string of the molecule is CCN(CC)CCCC(C)NC(=O)c1cnccc1NC. The van der Waals surface area contributed by atoms with E-state index >= 15 is 0 Å². The molecule has 1 aromatic heterocycles. The molecule has 5 heteroatoms. The predicted octanol–water partition coefficient (Wildman–Crippen LogP) is 2.36. The maximum Gasteiger partial charge on any atom is 0.255 e. The van der Waals surface area contributed by atoms with Gasteiger partial charge in [-0.05, 0) is 45.5 Å². The number of anilines is 1. The Kier molecular flexibility index (Phi) is 7.75. The van der Waals surface area contributed by atoms with Gasteiger partial charge in [-0.25, -0.2) is 0 Å². The Morgan fingerprint density at radius 1 is 1.38 bits per heavy atom. The Balaban J connectivity index is 2.43. The predicted molar refractivity (Wildman–Crippen MR) is 87.7 cm³/mol. The summed E-state index contributed by atoms with van der Waals surface area (Å²) < 4.78 is 0. The molecular formula is C16H28N4O. The fraction of sp³-hybridized carbons (Fsp3) is 0.625. The minimum Gasteiger partial charge on any atom is -0.387 e. The van der Waals surface area contributed by atoms with Crippen molar-refractivity contribution in [2.24, 2.45) is 0 Å². The molecule has 2 N–H and O–H groups in total. The van der Waals surface area contributed by atoms with E-state index in [2.05, 4.69) is 41.3 Å². The molecule has 0 aromatic carbocycles. The van der Waals surface area contributed by atoms with Crippen LogP contribution >= 0.6 is 0 Å². The fourth-order valence-electron chi connectivity index (χ4n) is 2.33. The third-order valence-corrected chi connectivity index (χ3v) is 3.72. The van der Waals surface area contributed by atoms with Crippen LogP contribution in [0.25, 0.3) is 0 Å². The quantitative estimate of drug-likeness (QED) is 0.733. The molecule has 0 fully saturated rings. The molecule has 0 spiro atoms. The van der Waals surface area contributed by atoms with Gasteiger partial charge in [0.1, 0.15) is 0 Å². The van der Waals surface area contributed by atoms with Crippen LogP contribution in [0, 0.1) is 0 Å². The highest BCUT2D eigenvalue weighted by molar-refractivity contribution is 5.99. The van der Waals surface area contributed by atoms with Gasteiger partial charge >= 0.3 is 0 Å². The zero-order valence-corrected chi connectivity index (χ0v) is 13.6. The minimum atomic E-state index is -0.0669. The number of amides is 1. The number of carbonyl (C=O) groups is 1. The van der Waals surface area contributed by atoms with Crippen molar-refractivity contribution in [3.8, 4) is 0 Å². The molecule has 1 heterocycles. The minimum absolute atomic E-state index is 0.0669. The van der Waals surface area contributed by atoms with Gasteiger partial charge in [-0.1, -0.05) is 13.8 Å². The topological polar surface area (TPSA) is 57.3 Å². The Labute approximate surface area is 128 Å². The van der Waals surface area contributed by atoms with Gasteiger partial charge in [-0.3, -0.25) is 9.78 Å². The molecule has 0 aliphatic heterocycles. The van der Waals surface area contributed by atoms with Crippen LogP contribution in [0.3, 0.4) is 0 Å². The molecule has 0 saturated carbocycles. The molecule has 0 aliphatic rings. The van der Waals surface area contributed by atoms with E-state index < -0.39 is 0 Å². The van der Waals surface area contributed by atoms with Gasteiger partial charge in [-0.2, -0.15) is 0 Å². The van der Waals surface area contributed by atoms with Crippen molar-refractivity contribution in [1.29, 1.82) is 0 Å². The summed E-state index contributed by atoms with van der Waals surface area (Å²) in [4.78, 5) is 18.7. The van der Waals surface area contributed by atoms with E-state index in [-0.39, 0.29) is 11.9 Å². The second-order valence-corrected chi connectivity index (χ2v) is 5.21. The first-order valence-corrected chi connectivity index (χ1v) is 7.77. The highest BCUT2D eigenvalue weighted by Gasteiger charge is 2.13. The summed E-state index contributed by atoms with van der Waals surface area (Å²) in [6, 6.07) is 1.97. The van der Waals surface area contributed by atoms with Crippen LogP contribution in [-0.2, 0) is 0 Å². The lowest BCUT2D eigenvalue weighted by Crippen LogP contribution is -2.34. The molecule has 1 amide bonds. The lowest BCUT2D eigenvalue weighted by atomic mass is 10.1. The molecule has 0 saturated heterocycles. The van der Waals surface area contributed by atoms with E-state index in [1.54, 1.807) is 25.5 Å². The van der Waals surface area contributed by atoms with Crippen LogP contribution in [0.4, 0.5) is 5.69 Å². The first-order chi connectivity index (χ1) is 10.1. The van der Waals surface area contributed by atoms with Crippen LogP contribution in [0.1, 0.15) is 44.0 Å². The molecular weight excluding hydrogens is 264 g/mol. The number of aromatic nitrogens is 1. The summed E-state index contributed by atoms with van der Waals surface area (Å²) >= 11 is 0. The number of hydrogen-bond donors (Lipinski definition) is 2. The van der Waals surface area contributed by atoms with Crippen molar-refractivity contribution in [3.05, 3.63) is 24.0 Å². The van der Waals surface area contributed by atoms with Crippen LogP contribution in [-0.4, -0.2) is 48.5 Å². The lowest BCUT2D eigenvalue weighted by Gasteiger charge is -2.20. The molecule has 0 radical (unpaired) electrons. The van der Waals surface area contributed by atoms with Gasteiger partial charge in [0.15, 0.2) is 0 Å². The summed E-state index contributed by atoms with van der Waals surface area (Å²) in [5.41, 5.74) is 1.40. The highest BCUT2D eigenvalue weighted by Crippen LogP contribution is 2.12. The molecule has 1 rings (SSSR count). The van der Waals surface area contributed by atoms with Crippen LogP contribution in [0.15, 0.2) is 18.5 Å². The Bertz CT molecular complexity index is 432. The second-order valence-electron chi connectivity index (χ2n) is 5.21. The van der Waals surface area contributed by atoms with Crippen molar-refractivity contribution < 1.29 is 4.79 Å². The van der Waals surface area contributed by atoms with Gasteiger partial charge in [0.2, 0.25) is 0 Å². The van der Waals surface area contributed by atoms with Gasteiger partial charge in [-0.15, -0.1) is 0 Å². The Morgan fingerprint density at radius 3 is 2.71 bits per heavy atom. The number of hydrogen-bond acceptors (Lipinski definition) is 4. The highest BCUT2D eigenvalue weighted by atomic mass is 16.1. The molecule has 1 unspecified atom stereocenters. The lowest BCUT2D eigenvalue weighted by molar-refractivity contribution is 0.0937. The smallest absolute Gasteiger partial charge is 0.255 e. The molecule has 5 nitrogen and oxygen atoms in total. The summed E-state index contributed by atoms with van der Waals surface area (Å²) in [5, 5.41) is 6.06. The van der Waals surface area contributed by atoms with Crippen LogP contribution in [0.2, 0.25) is 0 Å². The van der Waals surface area contributed by atoms with E-state index in [1.807, 2.05) is 0 Å². The molecule has 1 aromatic rings. The largest absolute Gasteiger partial charge is 0.387 e. The van der Waals surface area contributed by atoms with Gasteiger partial charge < -0.3 is 15.5 Å². The first-order valence-electron chi connectivity index (χ1n) is 7.77. The maximum atomic E-state index is 12.2. The van der Waals surface area contributed by atoms with E-state index in [0.717, 1.165) is 38.2 Å². The third-order valence-electron chi connectivity index (χ3n) is 3.72. The monoisotopic (exact) mass is 292 g/mol. The molecule has 0 bridgehead atoms. The molecule has 21 heavy (non-hydrogen) atoms. The van der Waals surface area contributed by atoms with E-state index in [0.29, 0.717) is 5.56 Å². The number of rotatable bonds is 9. The maximum absolute atomic E-state index is 12.2. The fourth-order valence-corrected chi connectivity index (χ4v) is 2.33. The summed E-state index contributed by atoms with van der Waals surface area (Å²) in [5.74, 6) is -0.0669. The summed E-state index contributed by atoms with van der Waals surface area (Å²) in [6.07, 6.45) is 5.35. The second kappa shape index (κ2) is 9.34. The summed E-state index contributed by atoms with van der Waals surface area (Å²) in [6.45, 7) is 9.65. The van der Waals surface area contributed by atoms with Crippen molar-refractivity contribution in [1.82, 2.24) is 15.2 Å². The van der Waals surface area contributed by atoms with Gasteiger partial charge in [0, 0.05) is 31.2 Å². The molecule has 0 aliphatic carbocycles. The normalized spacial score (nSPS) is 12.2. The van der Waals surface area contributed by atoms with Crippen LogP contribution in [0.5, 0.6) is 0 Å². The van der Waals surface area contributed by atoms with Crippen molar-refractivity contribution in [3.63, 3.8) is 0 Å². The van der Waals surface area contributed by atoms with Crippen molar-refractivity contribution in [2.45, 2.75) is 39.7 Å². The first kappa shape index (κ1) is 17.4. The molecule has 118 valence electrons. The number of carbonyl (C=O) groups excluding carboxylic acids is 1. The van der Waals surface area contributed by atoms with Gasteiger partial charge in [0.05, 0.1) is 5.56 Å². The third kappa shape index (κ3) is 5.71. The van der Waals surface area contributed by atoms with E-state index in [1.165, 1.54) is 0 Å². The zero-order valence-electron chi connectivity index (χ0n) is 13.6.